The quantitative estimate of drug-likeness (QED) is 0.728. The summed E-state index contributed by atoms with van der Waals surface area (Å²) < 4.78 is 0. The zero-order chi connectivity index (χ0) is 13.9. The second-order valence-electron chi connectivity index (χ2n) is 4.97. The second kappa shape index (κ2) is 5.14. The van der Waals surface area contributed by atoms with Gasteiger partial charge in [0.15, 0.2) is 0 Å². The Bertz CT molecular complexity index is 543. The van der Waals surface area contributed by atoms with E-state index in [1.165, 1.54) is 0 Å². The van der Waals surface area contributed by atoms with Crippen molar-refractivity contribution in [3.8, 4) is 0 Å². The van der Waals surface area contributed by atoms with Crippen molar-refractivity contribution in [1.82, 2.24) is 15.3 Å². The van der Waals surface area contributed by atoms with E-state index < -0.39 is 5.41 Å². The first kappa shape index (κ1) is 13.1. The normalized spacial score (nSPS) is 11.3. The SMILES string of the molecule is CC(C)(C(=O)NCc1ncc[nH]1)c1ccc(N)cc1. The summed E-state index contributed by atoms with van der Waals surface area (Å²) in [5.74, 6) is 0.690. The molecular weight excluding hydrogens is 240 g/mol. The van der Waals surface area contributed by atoms with Crippen LogP contribution in [-0.4, -0.2) is 15.9 Å². The lowest BCUT2D eigenvalue weighted by Gasteiger charge is -2.24. The number of aromatic nitrogens is 2. The average Bonchev–Trinajstić information content (AvgIpc) is 2.89. The first-order valence-corrected chi connectivity index (χ1v) is 6.13. The number of rotatable bonds is 4. The third-order valence-corrected chi connectivity index (χ3v) is 3.17. The first-order valence-electron chi connectivity index (χ1n) is 6.13. The number of nitrogens with two attached hydrogens (primary N) is 1. The van der Waals surface area contributed by atoms with Crippen LogP contribution in [0.4, 0.5) is 5.69 Å². The molecule has 0 unspecified atom stereocenters. The molecule has 0 radical (unpaired) electrons. The molecule has 1 heterocycles. The van der Waals surface area contributed by atoms with Crippen molar-refractivity contribution in [2.75, 3.05) is 5.73 Å². The summed E-state index contributed by atoms with van der Waals surface area (Å²) in [5.41, 5.74) is 6.66. The van der Waals surface area contributed by atoms with E-state index >= 15 is 0 Å². The van der Waals surface area contributed by atoms with E-state index in [0.717, 1.165) is 11.4 Å². The molecule has 0 saturated heterocycles. The van der Waals surface area contributed by atoms with Gasteiger partial charge < -0.3 is 16.0 Å². The molecule has 1 aromatic heterocycles. The fourth-order valence-corrected chi connectivity index (χ4v) is 1.81. The standard InChI is InChI=1S/C14H18N4O/c1-14(2,10-3-5-11(15)6-4-10)13(19)18-9-12-16-7-8-17-12/h3-8H,9,15H2,1-2H3,(H,16,17)(H,18,19). The van der Waals surface area contributed by atoms with Gasteiger partial charge in [-0.25, -0.2) is 4.98 Å². The van der Waals surface area contributed by atoms with Crippen molar-refractivity contribution in [3.05, 3.63) is 48.0 Å². The minimum Gasteiger partial charge on any atom is -0.399 e. The minimum absolute atomic E-state index is 0.0475. The Morgan fingerprint density at radius 2 is 2.05 bits per heavy atom. The van der Waals surface area contributed by atoms with Crippen molar-refractivity contribution in [2.45, 2.75) is 25.8 Å². The third kappa shape index (κ3) is 2.93. The van der Waals surface area contributed by atoms with E-state index in [1.807, 2.05) is 26.0 Å². The molecular formula is C14H18N4O. The lowest BCUT2D eigenvalue weighted by atomic mass is 9.83. The summed E-state index contributed by atoms with van der Waals surface area (Å²) in [6, 6.07) is 7.36. The van der Waals surface area contributed by atoms with Crippen LogP contribution in [-0.2, 0) is 16.8 Å². The van der Waals surface area contributed by atoms with Gasteiger partial charge in [-0.05, 0) is 31.5 Å². The Morgan fingerprint density at radius 1 is 1.37 bits per heavy atom. The van der Waals surface area contributed by atoms with E-state index in [2.05, 4.69) is 15.3 Å². The molecule has 4 N–H and O–H groups in total. The Hall–Kier alpha value is -2.30. The van der Waals surface area contributed by atoms with E-state index in [1.54, 1.807) is 24.5 Å². The number of hydrogen-bond acceptors (Lipinski definition) is 3. The molecule has 0 bridgehead atoms. The van der Waals surface area contributed by atoms with Crippen LogP contribution < -0.4 is 11.1 Å². The third-order valence-electron chi connectivity index (χ3n) is 3.17. The number of hydrogen-bond donors (Lipinski definition) is 3. The summed E-state index contributed by atoms with van der Waals surface area (Å²) in [6.45, 7) is 4.16. The topological polar surface area (TPSA) is 83.8 Å². The highest BCUT2D eigenvalue weighted by Crippen LogP contribution is 2.24. The molecule has 100 valence electrons. The van der Waals surface area contributed by atoms with Crippen LogP contribution in [0.15, 0.2) is 36.7 Å². The van der Waals surface area contributed by atoms with Crippen molar-refractivity contribution < 1.29 is 4.79 Å². The summed E-state index contributed by atoms with van der Waals surface area (Å²) in [6.07, 6.45) is 3.39. The van der Waals surface area contributed by atoms with Gasteiger partial charge in [0, 0.05) is 18.1 Å². The molecule has 5 heteroatoms. The molecule has 0 fully saturated rings. The highest BCUT2D eigenvalue weighted by molar-refractivity contribution is 5.87. The molecule has 0 atom stereocenters. The zero-order valence-corrected chi connectivity index (χ0v) is 11.1. The smallest absolute Gasteiger partial charge is 0.230 e. The molecule has 0 saturated carbocycles. The number of aromatic amines is 1. The van der Waals surface area contributed by atoms with E-state index in [4.69, 9.17) is 5.73 Å². The number of carbonyl (C=O) groups excluding carboxylic acids is 1. The second-order valence-corrected chi connectivity index (χ2v) is 4.97. The minimum atomic E-state index is -0.611. The summed E-state index contributed by atoms with van der Waals surface area (Å²) in [4.78, 5) is 19.3. The average molecular weight is 258 g/mol. The van der Waals surface area contributed by atoms with Gasteiger partial charge in [0.25, 0.3) is 0 Å². The highest BCUT2D eigenvalue weighted by Gasteiger charge is 2.29. The predicted octanol–water partition coefficient (Wildman–Crippen LogP) is 1.59. The lowest BCUT2D eigenvalue weighted by Crippen LogP contribution is -2.39. The molecule has 2 aromatic rings. The van der Waals surface area contributed by atoms with Crippen LogP contribution in [0.2, 0.25) is 0 Å². The Kier molecular flexibility index (Phi) is 3.55. The monoisotopic (exact) mass is 258 g/mol. The molecule has 1 aromatic carbocycles. The van der Waals surface area contributed by atoms with Gasteiger partial charge in [-0.2, -0.15) is 0 Å². The van der Waals surface area contributed by atoms with Crippen LogP contribution in [0.5, 0.6) is 0 Å². The maximum atomic E-state index is 12.3. The number of nitrogen functional groups attached to an aromatic ring is 1. The number of amides is 1. The van der Waals surface area contributed by atoms with Crippen LogP contribution >= 0.6 is 0 Å². The molecule has 1 amide bonds. The van der Waals surface area contributed by atoms with Crippen LogP contribution in [0.1, 0.15) is 25.2 Å². The van der Waals surface area contributed by atoms with Gasteiger partial charge in [-0.3, -0.25) is 4.79 Å². The van der Waals surface area contributed by atoms with Gasteiger partial charge in [-0.1, -0.05) is 12.1 Å². The van der Waals surface area contributed by atoms with E-state index in [0.29, 0.717) is 12.2 Å². The summed E-state index contributed by atoms with van der Waals surface area (Å²) >= 11 is 0. The summed E-state index contributed by atoms with van der Waals surface area (Å²) in [7, 11) is 0. The van der Waals surface area contributed by atoms with Gasteiger partial charge in [0.05, 0.1) is 12.0 Å². The number of H-pyrrole nitrogens is 1. The molecule has 19 heavy (non-hydrogen) atoms. The number of nitrogens with one attached hydrogen (secondary N) is 2. The molecule has 0 aliphatic rings. The summed E-state index contributed by atoms with van der Waals surface area (Å²) in [5, 5.41) is 2.87. The largest absolute Gasteiger partial charge is 0.399 e. The first-order chi connectivity index (χ1) is 9.00. The van der Waals surface area contributed by atoms with Crippen molar-refractivity contribution in [2.24, 2.45) is 0 Å². The maximum Gasteiger partial charge on any atom is 0.230 e. The fraction of sp³-hybridized carbons (Fsp3) is 0.286. The number of benzene rings is 1. The van der Waals surface area contributed by atoms with Crippen molar-refractivity contribution in [3.63, 3.8) is 0 Å². The molecule has 0 spiro atoms. The molecule has 0 aliphatic heterocycles. The Balaban J connectivity index is 2.06. The maximum absolute atomic E-state index is 12.3. The zero-order valence-electron chi connectivity index (χ0n) is 11.1. The molecule has 2 rings (SSSR count). The van der Waals surface area contributed by atoms with Gasteiger partial charge >= 0.3 is 0 Å². The van der Waals surface area contributed by atoms with E-state index in [9.17, 15) is 4.79 Å². The number of imidazole rings is 1. The van der Waals surface area contributed by atoms with E-state index in [-0.39, 0.29) is 5.91 Å². The molecule has 0 aliphatic carbocycles. The number of anilines is 1. The van der Waals surface area contributed by atoms with Crippen molar-refractivity contribution in [1.29, 1.82) is 0 Å². The van der Waals surface area contributed by atoms with Gasteiger partial charge in [0.1, 0.15) is 5.82 Å². The Morgan fingerprint density at radius 3 is 2.63 bits per heavy atom. The lowest BCUT2D eigenvalue weighted by molar-refractivity contribution is -0.125. The van der Waals surface area contributed by atoms with Crippen LogP contribution in [0, 0.1) is 0 Å². The van der Waals surface area contributed by atoms with Crippen molar-refractivity contribution >= 4 is 11.6 Å². The number of nitrogens with zero attached hydrogens (tertiary/aromatic N) is 1. The van der Waals surface area contributed by atoms with Gasteiger partial charge in [0.2, 0.25) is 5.91 Å². The fourth-order valence-electron chi connectivity index (χ4n) is 1.81. The van der Waals surface area contributed by atoms with Gasteiger partial charge in [-0.15, -0.1) is 0 Å². The van der Waals surface area contributed by atoms with Crippen LogP contribution in [0.3, 0.4) is 0 Å². The Labute approximate surface area is 112 Å². The highest BCUT2D eigenvalue weighted by atomic mass is 16.2. The van der Waals surface area contributed by atoms with Crippen LogP contribution in [0.25, 0.3) is 0 Å². The molecule has 5 nitrogen and oxygen atoms in total. The number of carbonyl (C=O) groups is 1. The predicted molar refractivity (Wildman–Crippen MR) is 74.3 cm³/mol.